The summed E-state index contributed by atoms with van der Waals surface area (Å²) in [7, 11) is 0. The Morgan fingerprint density at radius 3 is 2.53 bits per heavy atom. The number of ether oxygens (including phenoxy) is 2. The van der Waals surface area contributed by atoms with Crippen molar-refractivity contribution in [3.8, 4) is 0 Å². The molecule has 30 heavy (non-hydrogen) atoms. The second-order valence-corrected chi connectivity index (χ2v) is 12.9. The minimum atomic E-state index is -0.292. The molecular weight excluding hydrogens is 372 g/mol. The molecule has 0 amide bonds. The number of Topliss-reactive ketones (excluding diaryl/α,β-unsaturated/α-hetero) is 1. The van der Waals surface area contributed by atoms with E-state index >= 15 is 0 Å². The number of carbonyl (C=O) groups is 1. The number of hydrogen-bond donors (Lipinski definition) is 0. The fraction of sp³-hybridized carbons (Fsp3) is 0.963. The van der Waals surface area contributed by atoms with Crippen LogP contribution in [-0.2, 0) is 14.3 Å². The maximum absolute atomic E-state index is 12.2. The van der Waals surface area contributed by atoms with Gasteiger partial charge in [-0.2, -0.15) is 0 Å². The first-order chi connectivity index (χ1) is 14.3. The molecule has 4 saturated carbocycles. The molecule has 6 aliphatic rings. The lowest BCUT2D eigenvalue weighted by Crippen LogP contribution is -2.54. The molecule has 0 radical (unpaired) electrons. The monoisotopic (exact) mass is 414 g/mol. The van der Waals surface area contributed by atoms with Crippen molar-refractivity contribution in [1.82, 2.24) is 0 Å². The zero-order valence-electron chi connectivity index (χ0n) is 19.6. The molecule has 6 fully saturated rings. The van der Waals surface area contributed by atoms with Crippen molar-refractivity contribution < 1.29 is 14.3 Å². The average molecular weight is 415 g/mol. The molecule has 3 unspecified atom stereocenters. The molecule has 3 heteroatoms. The van der Waals surface area contributed by atoms with Crippen LogP contribution in [0.3, 0.4) is 0 Å². The van der Waals surface area contributed by atoms with E-state index in [1.165, 1.54) is 38.5 Å². The third kappa shape index (κ3) is 2.54. The molecule has 2 heterocycles. The van der Waals surface area contributed by atoms with Gasteiger partial charge in [-0.05, 0) is 91.3 Å². The van der Waals surface area contributed by atoms with Gasteiger partial charge in [-0.1, -0.05) is 27.7 Å². The Bertz CT molecular complexity index is 724. The summed E-state index contributed by atoms with van der Waals surface area (Å²) in [5, 5.41) is 0. The van der Waals surface area contributed by atoms with Crippen LogP contribution in [0.1, 0.15) is 91.9 Å². The topological polar surface area (TPSA) is 35.5 Å². The summed E-state index contributed by atoms with van der Waals surface area (Å²) in [4.78, 5) is 12.2. The van der Waals surface area contributed by atoms with Crippen molar-refractivity contribution in [2.45, 2.75) is 104 Å². The maximum Gasteiger partial charge on any atom is 0.171 e. The van der Waals surface area contributed by atoms with E-state index in [2.05, 4.69) is 27.7 Å². The lowest BCUT2D eigenvalue weighted by molar-refractivity contribution is -0.273. The molecule has 2 saturated heterocycles. The van der Waals surface area contributed by atoms with Gasteiger partial charge in [0, 0.05) is 25.2 Å². The van der Waals surface area contributed by atoms with Crippen molar-refractivity contribution >= 4 is 5.78 Å². The quantitative estimate of drug-likeness (QED) is 0.487. The van der Waals surface area contributed by atoms with E-state index in [9.17, 15) is 4.79 Å². The van der Waals surface area contributed by atoms with Gasteiger partial charge in [0.25, 0.3) is 0 Å². The Balaban J connectivity index is 1.26. The zero-order chi connectivity index (χ0) is 20.9. The SMILES string of the molecule is CC1CC[C@@]2(OC1)O[C@H]1C[C@H]3[C@@H]4CC[C@H]5CC(=O)CC[C@]5(C)C4CC[C@]3(C)C1[C@@H]2C. The van der Waals surface area contributed by atoms with Gasteiger partial charge in [-0.15, -0.1) is 0 Å². The van der Waals surface area contributed by atoms with Crippen LogP contribution in [0.15, 0.2) is 0 Å². The van der Waals surface area contributed by atoms with Crippen molar-refractivity contribution in [1.29, 1.82) is 0 Å². The smallest absolute Gasteiger partial charge is 0.171 e. The molecule has 3 nitrogen and oxygen atoms in total. The van der Waals surface area contributed by atoms with E-state index < -0.39 is 0 Å². The molecule has 0 aromatic rings. The molecule has 11 atom stereocenters. The van der Waals surface area contributed by atoms with Crippen LogP contribution in [-0.4, -0.2) is 24.3 Å². The van der Waals surface area contributed by atoms with E-state index in [0.29, 0.717) is 46.4 Å². The Kier molecular flexibility index (Phi) is 4.42. The van der Waals surface area contributed by atoms with Gasteiger partial charge in [0.2, 0.25) is 0 Å². The molecule has 4 aliphatic carbocycles. The van der Waals surface area contributed by atoms with Crippen LogP contribution in [0.5, 0.6) is 0 Å². The third-order valence-electron chi connectivity index (χ3n) is 11.7. The number of ketones is 1. The lowest BCUT2D eigenvalue weighted by atomic mass is 9.44. The second-order valence-electron chi connectivity index (χ2n) is 12.9. The maximum atomic E-state index is 12.2. The highest BCUT2D eigenvalue weighted by molar-refractivity contribution is 5.79. The molecule has 6 rings (SSSR count). The van der Waals surface area contributed by atoms with Crippen molar-refractivity contribution in [2.24, 2.45) is 52.3 Å². The average Bonchev–Trinajstić information content (AvgIpc) is 3.16. The van der Waals surface area contributed by atoms with E-state index in [4.69, 9.17) is 9.47 Å². The summed E-state index contributed by atoms with van der Waals surface area (Å²) >= 11 is 0. The molecule has 0 bridgehead atoms. The van der Waals surface area contributed by atoms with Gasteiger partial charge in [-0.3, -0.25) is 4.79 Å². The van der Waals surface area contributed by atoms with Gasteiger partial charge in [0.05, 0.1) is 12.7 Å². The van der Waals surface area contributed by atoms with Gasteiger partial charge < -0.3 is 9.47 Å². The minimum absolute atomic E-state index is 0.292. The van der Waals surface area contributed by atoms with E-state index in [0.717, 1.165) is 50.0 Å². The molecule has 0 aromatic carbocycles. The first-order valence-electron chi connectivity index (χ1n) is 13.1. The zero-order valence-corrected chi connectivity index (χ0v) is 19.6. The largest absolute Gasteiger partial charge is 0.349 e. The molecule has 0 N–H and O–H groups in total. The van der Waals surface area contributed by atoms with E-state index in [1.807, 2.05) is 0 Å². The molecule has 2 aliphatic heterocycles. The first-order valence-corrected chi connectivity index (χ1v) is 13.1. The van der Waals surface area contributed by atoms with Crippen molar-refractivity contribution in [2.75, 3.05) is 6.61 Å². The highest BCUT2D eigenvalue weighted by Gasteiger charge is 2.69. The fourth-order valence-corrected chi connectivity index (χ4v) is 10.1. The summed E-state index contributed by atoms with van der Waals surface area (Å²) < 4.78 is 13.4. The predicted octanol–water partition coefficient (Wildman–Crippen LogP) is 6.00. The predicted molar refractivity (Wildman–Crippen MR) is 117 cm³/mol. The van der Waals surface area contributed by atoms with Crippen LogP contribution in [0.25, 0.3) is 0 Å². The summed E-state index contributed by atoms with van der Waals surface area (Å²) in [6, 6.07) is 0. The number of rotatable bonds is 0. The summed E-state index contributed by atoms with van der Waals surface area (Å²) in [5.74, 6) is 5.23. The molecule has 1 spiro atoms. The van der Waals surface area contributed by atoms with Crippen LogP contribution in [0.2, 0.25) is 0 Å². The lowest BCUT2D eigenvalue weighted by Gasteiger charge is -2.60. The van der Waals surface area contributed by atoms with Crippen LogP contribution >= 0.6 is 0 Å². The second kappa shape index (κ2) is 6.56. The van der Waals surface area contributed by atoms with Crippen molar-refractivity contribution in [3.63, 3.8) is 0 Å². The van der Waals surface area contributed by atoms with Gasteiger partial charge in [0.15, 0.2) is 5.79 Å². The van der Waals surface area contributed by atoms with E-state index in [1.54, 1.807) is 0 Å². The Morgan fingerprint density at radius 1 is 0.933 bits per heavy atom. The van der Waals surface area contributed by atoms with Gasteiger partial charge >= 0.3 is 0 Å². The number of carbonyl (C=O) groups excluding carboxylic acids is 1. The van der Waals surface area contributed by atoms with Crippen LogP contribution in [0, 0.1) is 52.3 Å². The first kappa shape index (κ1) is 20.2. The fourth-order valence-electron chi connectivity index (χ4n) is 10.1. The summed E-state index contributed by atoms with van der Waals surface area (Å²) in [6.07, 6.45) is 12.2. The highest BCUT2D eigenvalue weighted by Crippen LogP contribution is 2.71. The number of fused-ring (bicyclic) bond motifs is 7. The van der Waals surface area contributed by atoms with Gasteiger partial charge in [-0.25, -0.2) is 0 Å². The van der Waals surface area contributed by atoms with E-state index in [-0.39, 0.29) is 5.79 Å². The Hall–Kier alpha value is -0.410. The normalized spacial score (nSPS) is 60.1. The third-order valence-corrected chi connectivity index (χ3v) is 11.7. The van der Waals surface area contributed by atoms with Crippen molar-refractivity contribution in [3.05, 3.63) is 0 Å². The van der Waals surface area contributed by atoms with Gasteiger partial charge in [0.1, 0.15) is 5.78 Å². The molecular formula is C27H42O3. The standard InChI is InChI=1S/C27H42O3/c1-16-7-12-27(29-15-16)17(2)24-23(30-27)14-22-20-6-5-18-13-19(28)8-10-25(18,3)21(20)9-11-26(22,24)4/h16-18,20-24H,5-15H2,1-4H3/t16?,17-,18-,20+,21?,22-,23-,24?,25-,26-,27+/m0/s1. The highest BCUT2D eigenvalue weighted by atomic mass is 16.7. The molecule has 168 valence electrons. The van der Waals surface area contributed by atoms with Crippen LogP contribution < -0.4 is 0 Å². The van der Waals surface area contributed by atoms with Crippen LogP contribution in [0.4, 0.5) is 0 Å². The minimum Gasteiger partial charge on any atom is -0.349 e. The molecule has 0 aromatic heterocycles. The Labute approximate surface area is 183 Å². The Morgan fingerprint density at radius 2 is 1.77 bits per heavy atom. The number of hydrogen-bond acceptors (Lipinski definition) is 3. The summed E-state index contributed by atoms with van der Waals surface area (Å²) in [5.41, 5.74) is 0.820. The summed E-state index contributed by atoms with van der Waals surface area (Å²) in [6.45, 7) is 10.8.